The summed E-state index contributed by atoms with van der Waals surface area (Å²) in [5.74, 6) is 0.892. The number of nitrogens with zero attached hydrogens (tertiary/aromatic N) is 2. The Kier molecular flexibility index (Phi) is 2.53. The molecular weight excluding hydrogens is 224 g/mol. The third kappa shape index (κ3) is 1.93. The van der Waals surface area contributed by atoms with Crippen molar-refractivity contribution in [3.05, 3.63) is 18.0 Å². The van der Waals surface area contributed by atoms with Crippen LogP contribution in [0, 0.1) is 0 Å². The highest BCUT2D eigenvalue weighted by atomic mass is 35.5. The molecule has 4 nitrogen and oxygen atoms in total. The van der Waals surface area contributed by atoms with Crippen molar-refractivity contribution in [2.45, 2.75) is 18.3 Å². The van der Waals surface area contributed by atoms with Gasteiger partial charge in [-0.05, 0) is 6.42 Å². The average molecular weight is 235 g/mol. The molecule has 1 fully saturated rings. The van der Waals surface area contributed by atoms with Gasteiger partial charge < -0.3 is 0 Å². The highest BCUT2D eigenvalue weighted by molar-refractivity contribution is 7.91. The fourth-order valence-corrected chi connectivity index (χ4v) is 3.47. The van der Waals surface area contributed by atoms with E-state index in [2.05, 4.69) is 5.10 Å². The number of sulfone groups is 1. The smallest absolute Gasteiger partial charge is 0.152 e. The maximum absolute atomic E-state index is 11.2. The minimum atomic E-state index is -2.83. The van der Waals surface area contributed by atoms with Crippen LogP contribution in [0.15, 0.2) is 12.4 Å². The van der Waals surface area contributed by atoms with Gasteiger partial charge >= 0.3 is 0 Å². The van der Waals surface area contributed by atoms with Crippen molar-refractivity contribution in [3.63, 3.8) is 0 Å². The van der Waals surface area contributed by atoms with Crippen LogP contribution in [0.4, 0.5) is 0 Å². The minimum absolute atomic E-state index is 0.00281. The normalized spacial score (nSPS) is 25.4. The Morgan fingerprint density at radius 1 is 1.64 bits per heavy atom. The maximum atomic E-state index is 11.2. The van der Waals surface area contributed by atoms with Crippen molar-refractivity contribution in [1.82, 2.24) is 9.78 Å². The SMILES string of the molecule is O=S1(=O)CCC(n2cc(CCl)cn2)C1. The average Bonchev–Trinajstić information content (AvgIpc) is 2.70. The molecule has 0 radical (unpaired) electrons. The summed E-state index contributed by atoms with van der Waals surface area (Å²) in [4.78, 5) is 0. The second kappa shape index (κ2) is 3.55. The first kappa shape index (κ1) is 9.98. The maximum Gasteiger partial charge on any atom is 0.152 e. The molecule has 2 rings (SSSR count). The molecule has 0 N–H and O–H groups in total. The Morgan fingerprint density at radius 3 is 2.93 bits per heavy atom. The summed E-state index contributed by atoms with van der Waals surface area (Å²) in [5, 5.41) is 4.10. The second-order valence-electron chi connectivity index (χ2n) is 3.52. The molecule has 14 heavy (non-hydrogen) atoms. The molecule has 1 aromatic rings. The lowest BCUT2D eigenvalue weighted by Gasteiger charge is -2.06. The lowest BCUT2D eigenvalue weighted by molar-refractivity contribution is 0.499. The quantitative estimate of drug-likeness (QED) is 0.717. The molecule has 0 aromatic carbocycles. The zero-order valence-corrected chi connectivity index (χ0v) is 9.13. The number of halogens is 1. The van der Waals surface area contributed by atoms with Crippen molar-refractivity contribution in [2.24, 2.45) is 0 Å². The van der Waals surface area contributed by atoms with Crippen molar-refractivity contribution in [1.29, 1.82) is 0 Å². The Morgan fingerprint density at radius 2 is 2.43 bits per heavy atom. The van der Waals surface area contributed by atoms with Crippen LogP contribution < -0.4 is 0 Å². The first-order valence-electron chi connectivity index (χ1n) is 4.40. The molecule has 0 spiro atoms. The molecule has 1 saturated heterocycles. The van der Waals surface area contributed by atoms with Gasteiger partial charge in [0.05, 0.1) is 29.6 Å². The van der Waals surface area contributed by atoms with Gasteiger partial charge in [0.1, 0.15) is 0 Å². The summed E-state index contributed by atoms with van der Waals surface area (Å²) in [7, 11) is -2.83. The van der Waals surface area contributed by atoms with E-state index in [9.17, 15) is 8.42 Å². The first-order chi connectivity index (χ1) is 6.61. The fraction of sp³-hybridized carbons (Fsp3) is 0.625. The Bertz CT molecular complexity index is 426. The Balaban J connectivity index is 2.17. The molecule has 0 aliphatic carbocycles. The van der Waals surface area contributed by atoms with Crippen molar-refractivity contribution in [2.75, 3.05) is 11.5 Å². The van der Waals surface area contributed by atoms with E-state index >= 15 is 0 Å². The van der Waals surface area contributed by atoms with Gasteiger partial charge in [0, 0.05) is 11.8 Å². The lowest BCUT2D eigenvalue weighted by atomic mass is 10.3. The Hall–Kier alpha value is -0.550. The summed E-state index contributed by atoms with van der Waals surface area (Å²) in [6.07, 6.45) is 4.15. The van der Waals surface area contributed by atoms with E-state index in [1.165, 1.54) is 0 Å². The number of alkyl halides is 1. The van der Waals surface area contributed by atoms with Crippen LogP contribution in [0.5, 0.6) is 0 Å². The van der Waals surface area contributed by atoms with Crippen LogP contribution in [-0.2, 0) is 15.7 Å². The standard InChI is InChI=1S/C8H11ClN2O2S/c9-3-7-4-10-11(5-7)8-1-2-14(12,13)6-8/h4-5,8H,1-3,6H2. The van der Waals surface area contributed by atoms with E-state index in [1.807, 2.05) is 6.20 Å². The van der Waals surface area contributed by atoms with E-state index in [0.717, 1.165) is 5.56 Å². The molecule has 78 valence electrons. The minimum Gasteiger partial charge on any atom is -0.268 e. The van der Waals surface area contributed by atoms with E-state index in [0.29, 0.717) is 12.3 Å². The third-order valence-electron chi connectivity index (χ3n) is 2.39. The second-order valence-corrected chi connectivity index (χ2v) is 6.02. The van der Waals surface area contributed by atoms with Gasteiger partial charge in [-0.2, -0.15) is 5.10 Å². The van der Waals surface area contributed by atoms with Gasteiger partial charge in [0.15, 0.2) is 9.84 Å². The highest BCUT2D eigenvalue weighted by Gasteiger charge is 2.29. The summed E-state index contributed by atoms with van der Waals surface area (Å²) in [6, 6.07) is -0.00281. The molecular formula is C8H11ClN2O2S. The summed E-state index contributed by atoms with van der Waals surface area (Å²) in [5.41, 5.74) is 0.927. The summed E-state index contributed by atoms with van der Waals surface area (Å²) < 4.78 is 24.2. The van der Waals surface area contributed by atoms with Crippen molar-refractivity contribution < 1.29 is 8.42 Å². The summed E-state index contributed by atoms with van der Waals surface area (Å²) in [6.45, 7) is 0. The van der Waals surface area contributed by atoms with Crippen LogP contribution in [0.1, 0.15) is 18.0 Å². The summed E-state index contributed by atoms with van der Waals surface area (Å²) >= 11 is 5.63. The van der Waals surface area contributed by atoms with Crippen molar-refractivity contribution in [3.8, 4) is 0 Å². The van der Waals surface area contributed by atoms with Gasteiger partial charge in [-0.1, -0.05) is 0 Å². The molecule has 1 atom stereocenters. The monoisotopic (exact) mass is 234 g/mol. The molecule has 0 bridgehead atoms. The van der Waals surface area contributed by atoms with Gasteiger partial charge in [-0.15, -0.1) is 11.6 Å². The largest absolute Gasteiger partial charge is 0.268 e. The van der Waals surface area contributed by atoms with E-state index in [-0.39, 0.29) is 17.5 Å². The van der Waals surface area contributed by atoms with Gasteiger partial charge in [0.25, 0.3) is 0 Å². The molecule has 1 unspecified atom stereocenters. The van der Waals surface area contributed by atoms with Gasteiger partial charge in [0.2, 0.25) is 0 Å². The lowest BCUT2D eigenvalue weighted by Crippen LogP contribution is -2.11. The fourth-order valence-electron chi connectivity index (χ4n) is 1.63. The van der Waals surface area contributed by atoms with Gasteiger partial charge in [-0.25, -0.2) is 8.42 Å². The number of hydrogen-bond acceptors (Lipinski definition) is 3. The van der Waals surface area contributed by atoms with Crippen LogP contribution in [-0.4, -0.2) is 29.7 Å². The molecule has 1 aromatic heterocycles. The highest BCUT2D eigenvalue weighted by Crippen LogP contribution is 2.23. The molecule has 1 aliphatic heterocycles. The van der Waals surface area contributed by atoms with Gasteiger partial charge in [-0.3, -0.25) is 4.68 Å². The van der Waals surface area contributed by atoms with Crippen LogP contribution in [0.3, 0.4) is 0 Å². The molecule has 2 heterocycles. The Labute approximate surface area is 87.8 Å². The molecule has 1 aliphatic rings. The van der Waals surface area contributed by atoms with Crippen LogP contribution in [0.25, 0.3) is 0 Å². The molecule has 6 heteroatoms. The van der Waals surface area contributed by atoms with Crippen LogP contribution >= 0.6 is 11.6 Å². The molecule has 0 amide bonds. The predicted molar refractivity (Wildman–Crippen MR) is 54.1 cm³/mol. The topological polar surface area (TPSA) is 52.0 Å². The zero-order chi connectivity index (χ0) is 10.2. The van der Waals surface area contributed by atoms with Crippen LogP contribution in [0.2, 0.25) is 0 Å². The number of aromatic nitrogens is 2. The third-order valence-corrected chi connectivity index (χ3v) is 4.45. The predicted octanol–water partition coefficient (Wildman–Crippen LogP) is 0.982. The molecule has 0 saturated carbocycles. The number of hydrogen-bond donors (Lipinski definition) is 0. The number of rotatable bonds is 2. The van der Waals surface area contributed by atoms with E-state index in [4.69, 9.17) is 11.6 Å². The van der Waals surface area contributed by atoms with E-state index in [1.54, 1.807) is 10.9 Å². The van der Waals surface area contributed by atoms with E-state index < -0.39 is 9.84 Å². The zero-order valence-electron chi connectivity index (χ0n) is 7.56. The van der Waals surface area contributed by atoms with Crippen molar-refractivity contribution >= 4 is 21.4 Å². The first-order valence-corrected chi connectivity index (χ1v) is 6.76.